The molecule has 1 aliphatic heterocycles. The third-order valence-corrected chi connectivity index (χ3v) is 3.65. The molecular weight excluding hydrogens is 252 g/mol. The molecule has 1 aromatic carbocycles. The Morgan fingerprint density at radius 2 is 1.90 bits per heavy atom. The summed E-state index contributed by atoms with van der Waals surface area (Å²) in [5.41, 5.74) is 3.29. The van der Waals surface area contributed by atoms with Crippen LogP contribution in [0.3, 0.4) is 0 Å². The second-order valence-electron chi connectivity index (χ2n) is 5.80. The van der Waals surface area contributed by atoms with Gasteiger partial charge in [-0.2, -0.15) is 0 Å². The van der Waals surface area contributed by atoms with E-state index in [0.717, 1.165) is 18.8 Å². The number of benzene rings is 1. The molecule has 1 aromatic rings. The fourth-order valence-corrected chi connectivity index (χ4v) is 2.64. The highest BCUT2D eigenvalue weighted by Crippen LogP contribution is 2.15. The van der Waals surface area contributed by atoms with Crippen molar-refractivity contribution in [1.82, 2.24) is 4.90 Å². The number of hydrogen-bond donors (Lipinski definition) is 1. The molecule has 0 unspecified atom stereocenters. The van der Waals surface area contributed by atoms with E-state index in [9.17, 15) is 4.79 Å². The fourth-order valence-electron chi connectivity index (χ4n) is 2.64. The second kappa shape index (κ2) is 6.37. The molecule has 0 spiro atoms. The Labute approximate surface area is 121 Å². The smallest absolute Gasteiger partial charge is 0.238 e. The maximum Gasteiger partial charge on any atom is 0.238 e. The number of morpholine rings is 1. The van der Waals surface area contributed by atoms with E-state index >= 15 is 0 Å². The van der Waals surface area contributed by atoms with Gasteiger partial charge in [0, 0.05) is 18.8 Å². The van der Waals surface area contributed by atoms with Crippen LogP contribution in [0.4, 0.5) is 5.69 Å². The van der Waals surface area contributed by atoms with Gasteiger partial charge in [-0.25, -0.2) is 0 Å². The predicted molar refractivity (Wildman–Crippen MR) is 81.0 cm³/mol. The Hall–Kier alpha value is -1.39. The molecule has 1 amide bonds. The molecule has 2 atom stereocenters. The lowest BCUT2D eigenvalue weighted by Crippen LogP contribution is -2.48. The van der Waals surface area contributed by atoms with Gasteiger partial charge in [0.15, 0.2) is 0 Å². The zero-order valence-corrected chi connectivity index (χ0v) is 12.8. The molecule has 2 rings (SSSR count). The van der Waals surface area contributed by atoms with Gasteiger partial charge in [-0.3, -0.25) is 9.69 Å². The van der Waals surface area contributed by atoms with Gasteiger partial charge >= 0.3 is 0 Å². The summed E-state index contributed by atoms with van der Waals surface area (Å²) in [6.45, 7) is 10.3. The summed E-state index contributed by atoms with van der Waals surface area (Å²) in [6.07, 6.45) is 0.376. The molecule has 4 heteroatoms. The monoisotopic (exact) mass is 276 g/mol. The first-order valence-electron chi connectivity index (χ1n) is 7.19. The molecule has 1 fully saturated rings. The van der Waals surface area contributed by atoms with Crippen molar-refractivity contribution in [3.63, 3.8) is 0 Å². The predicted octanol–water partition coefficient (Wildman–Crippen LogP) is 2.35. The molecule has 0 aliphatic carbocycles. The number of carbonyl (C=O) groups is 1. The van der Waals surface area contributed by atoms with Gasteiger partial charge in [0.1, 0.15) is 0 Å². The Balaban J connectivity index is 1.90. The van der Waals surface area contributed by atoms with Crippen molar-refractivity contribution in [2.45, 2.75) is 39.9 Å². The van der Waals surface area contributed by atoms with Crippen LogP contribution in [0.15, 0.2) is 18.2 Å². The average molecular weight is 276 g/mol. The van der Waals surface area contributed by atoms with Gasteiger partial charge < -0.3 is 10.1 Å². The van der Waals surface area contributed by atoms with Crippen LogP contribution < -0.4 is 5.32 Å². The first kappa shape index (κ1) is 15.0. The van der Waals surface area contributed by atoms with E-state index in [4.69, 9.17) is 4.74 Å². The number of rotatable bonds is 3. The Morgan fingerprint density at radius 3 is 2.50 bits per heavy atom. The van der Waals surface area contributed by atoms with Crippen LogP contribution in [0.1, 0.15) is 25.0 Å². The number of ether oxygens (including phenoxy) is 1. The summed E-state index contributed by atoms with van der Waals surface area (Å²) in [4.78, 5) is 14.2. The number of aryl methyl sites for hydroxylation is 2. The Kier molecular flexibility index (Phi) is 4.78. The number of nitrogens with zero attached hydrogens (tertiary/aromatic N) is 1. The van der Waals surface area contributed by atoms with Crippen molar-refractivity contribution in [2.75, 3.05) is 25.0 Å². The lowest BCUT2D eigenvalue weighted by atomic mass is 10.1. The number of anilines is 1. The first-order chi connectivity index (χ1) is 9.44. The van der Waals surface area contributed by atoms with Crippen molar-refractivity contribution < 1.29 is 9.53 Å². The maximum absolute atomic E-state index is 12.1. The average Bonchev–Trinajstić information content (AvgIpc) is 2.32. The summed E-state index contributed by atoms with van der Waals surface area (Å²) in [7, 11) is 0. The zero-order valence-electron chi connectivity index (χ0n) is 12.8. The van der Waals surface area contributed by atoms with E-state index in [1.165, 1.54) is 11.1 Å². The normalized spacial score (nSPS) is 23.6. The molecule has 1 saturated heterocycles. The van der Waals surface area contributed by atoms with Gasteiger partial charge in [0.25, 0.3) is 0 Å². The third kappa shape index (κ3) is 4.05. The van der Waals surface area contributed by atoms with Crippen LogP contribution >= 0.6 is 0 Å². The zero-order chi connectivity index (χ0) is 14.7. The number of carbonyl (C=O) groups excluding carboxylic acids is 1. The van der Waals surface area contributed by atoms with Crippen LogP contribution in [0.5, 0.6) is 0 Å². The Bertz CT molecular complexity index is 477. The number of hydrogen-bond acceptors (Lipinski definition) is 3. The van der Waals surface area contributed by atoms with Crippen molar-refractivity contribution in [3.05, 3.63) is 29.3 Å². The summed E-state index contributed by atoms with van der Waals surface area (Å²) in [6, 6.07) is 5.99. The molecule has 0 saturated carbocycles. The molecule has 1 aliphatic rings. The maximum atomic E-state index is 12.1. The molecular formula is C16H24N2O2. The van der Waals surface area contributed by atoms with E-state index in [1.807, 2.05) is 32.0 Å². The molecule has 110 valence electrons. The number of nitrogens with one attached hydrogen (secondary N) is 1. The van der Waals surface area contributed by atoms with Gasteiger partial charge in [-0.15, -0.1) is 0 Å². The summed E-state index contributed by atoms with van der Waals surface area (Å²) < 4.78 is 5.67. The minimum Gasteiger partial charge on any atom is -0.373 e. The van der Waals surface area contributed by atoms with E-state index < -0.39 is 0 Å². The third-order valence-electron chi connectivity index (χ3n) is 3.65. The van der Waals surface area contributed by atoms with Crippen molar-refractivity contribution in [3.8, 4) is 0 Å². The standard InChI is InChI=1S/C16H24N2O2/c1-11-5-6-15(7-12(11)2)17-16(19)10-18-8-13(3)20-14(4)9-18/h5-7,13-14H,8-10H2,1-4H3,(H,17,19)/t13-,14+. The highest BCUT2D eigenvalue weighted by atomic mass is 16.5. The second-order valence-corrected chi connectivity index (χ2v) is 5.80. The van der Waals surface area contributed by atoms with Crippen LogP contribution in [0, 0.1) is 13.8 Å². The fraction of sp³-hybridized carbons (Fsp3) is 0.562. The molecule has 20 heavy (non-hydrogen) atoms. The van der Waals surface area contributed by atoms with Gasteiger partial charge in [0.2, 0.25) is 5.91 Å². The van der Waals surface area contributed by atoms with Crippen molar-refractivity contribution in [2.24, 2.45) is 0 Å². The Morgan fingerprint density at radius 1 is 1.25 bits per heavy atom. The van der Waals surface area contributed by atoms with E-state index in [1.54, 1.807) is 0 Å². The SMILES string of the molecule is Cc1ccc(NC(=O)CN2C[C@@H](C)O[C@@H](C)C2)cc1C. The lowest BCUT2D eigenvalue weighted by molar-refractivity contribution is -0.121. The molecule has 1 heterocycles. The molecule has 0 radical (unpaired) electrons. The van der Waals surface area contributed by atoms with E-state index in [-0.39, 0.29) is 18.1 Å². The molecule has 0 bridgehead atoms. The lowest BCUT2D eigenvalue weighted by Gasteiger charge is -2.34. The van der Waals surface area contributed by atoms with Crippen LogP contribution in [0.2, 0.25) is 0 Å². The minimum atomic E-state index is 0.0366. The van der Waals surface area contributed by atoms with Crippen LogP contribution in [-0.4, -0.2) is 42.6 Å². The summed E-state index contributed by atoms with van der Waals surface area (Å²) in [5.74, 6) is 0.0366. The van der Waals surface area contributed by atoms with E-state index in [0.29, 0.717) is 6.54 Å². The number of amides is 1. The van der Waals surface area contributed by atoms with Crippen molar-refractivity contribution in [1.29, 1.82) is 0 Å². The first-order valence-corrected chi connectivity index (χ1v) is 7.19. The molecule has 1 N–H and O–H groups in total. The van der Waals surface area contributed by atoms with E-state index in [2.05, 4.69) is 24.1 Å². The highest BCUT2D eigenvalue weighted by Gasteiger charge is 2.23. The highest BCUT2D eigenvalue weighted by molar-refractivity contribution is 5.92. The van der Waals surface area contributed by atoms with Crippen LogP contribution in [-0.2, 0) is 9.53 Å². The summed E-state index contributed by atoms with van der Waals surface area (Å²) in [5, 5.41) is 2.97. The quantitative estimate of drug-likeness (QED) is 0.921. The molecule has 4 nitrogen and oxygen atoms in total. The van der Waals surface area contributed by atoms with Gasteiger partial charge in [0.05, 0.1) is 18.8 Å². The largest absolute Gasteiger partial charge is 0.373 e. The van der Waals surface area contributed by atoms with Gasteiger partial charge in [-0.05, 0) is 51.0 Å². The minimum absolute atomic E-state index is 0.0366. The van der Waals surface area contributed by atoms with Gasteiger partial charge in [-0.1, -0.05) is 6.07 Å². The summed E-state index contributed by atoms with van der Waals surface area (Å²) >= 11 is 0. The molecule has 0 aromatic heterocycles. The van der Waals surface area contributed by atoms with Crippen molar-refractivity contribution >= 4 is 11.6 Å². The van der Waals surface area contributed by atoms with Crippen LogP contribution in [0.25, 0.3) is 0 Å². The topological polar surface area (TPSA) is 41.6 Å².